The highest BCUT2D eigenvalue weighted by molar-refractivity contribution is 5.77. The largest absolute Gasteiger partial charge is 0.465 e. The lowest BCUT2D eigenvalue weighted by Crippen LogP contribution is -2.53. The summed E-state index contributed by atoms with van der Waals surface area (Å²) in [4.78, 5) is 23.5. The topological polar surface area (TPSA) is 67.9 Å². The summed E-state index contributed by atoms with van der Waals surface area (Å²) in [5, 5.41) is 1.39. The van der Waals surface area contributed by atoms with Crippen LogP contribution < -0.4 is 5.43 Å². The van der Waals surface area contributed by atoms with Crippen molar-refractivity contribution in [3.63, 3.8) is 0 Å². The first-order valence-electron chi connectivity index (χ1n) is 7.09. The molecule has 1 saturated heterocycles. The van der Waals surface area contributed by atoms with E-state index < -0.39 is 12.1 Å². The number of cyclic esters (lactones) is 1. The van der Waals surface area contributed by atoms with E-state index in [0.717, 1.165) is 25.7 Å². The minimum atomic E-state index is -0.439. The number of carbonyl (C=O) groups excluding carboxylic acids is 2. The lowest BCUT2D eigenvalue weighted by Gasteiger charge is -2.31. The van der Waals surface area contributed by atoms with Gasteiger partial charge in [-0.2, -0.15) is 0 Å². The van der Waals surface area contributed by atoms with Gasteiger partial charge in [-0.1, -0.05) is 19.3 Å². The van der Waals surface area contributed by atoms with Crippen molar-refractivity contribution < 1.29 is 19.1 Å². The van der Waals surface area contributed by atoms with Crippen molar-refractivity contribution in [3.8, 4) is 0 Å². The van der Waals surface area contributed by atoms with Crippen LogP contribution in [-0.4, -0.2) is 42.9 Å². The van der Waals surface area contributed by atoms with Crippen LogP contribution in [0.3, 0.4) is 0 Å². The zero-order valence-corrected chi connectivity index (χ0v) is 11.4. The first kappa shape index (κ1) is 14.1. The summed E-state index contributed by atoms with van der Waals surface area (Å²) in [6.45, 7) is 2.99. The van der Waals surface area contributed by atoms with Gasteiger partial charge in [0, 0.05) is 0 Å². The average molecular weight is 270 g/mol. The minimum Gasteiger partial charge on any atom is -0.465 e. The van der Waals surface area contributed by atoms with Crippen molar-refractivity contribution in [1.82, 2.24) is 10.4 Å². The van der Waals surface area contributed by atoms with Crippen molar-refractivity contribution in [1.29, 1.82) is 0 Å². The Morgan fingerprint density at radius 2 is 2.21 bits per heavy atom. The fourth-order valence-corrected chi connectivity index (χ4v) is 2.73. The third-order valence-corrected chi connectivity index (χ3v) is 3.72. The molecule has 0 radical (unpaired) electrons. The molecule has 1 unspecified atom stereocenters. The molecule has 0 spiro atoms. The van der Waals surface area contributed by atoms with Crippen molar-refractivity contribution in [2.45, 2.75) is 45.1 Å². The molecule has 1 amide bonds. The van der Waals surface area contributed by atoms with Gasteiger partial charge in [0.1, 0.15) is 12.6 Å². The minimum absolute atomic E-state index is 0.237. The summed E-state index contributed by atoms with van der Waals surface area (Å²) < 4.78 is 9.99. The fraction of sp³-hybridized carbons (Fsp3) is 0.846. The molecule has 1 aliphatic carbocycles. The van der Waals surface area contributed by atoms with Crippen LogP contribution in [0.5, 0.6) is 0 Å². The Hall–Kier alpha value is -1.30. The van der Waals surface area contributed by atoms with Crippen LogP contribution >= 0.6 is 0 Å². The molecule has 1 N–H and O–H groups in total. The van der Waals surface area contributed by atoms with Gasteiger partial charge in [0.15, 0.2) is 0 Å². The molecule has 1 aliphatic heterocycles. The van der Waals surface area contributed by atoms with Gasteiger partial charge in [-0.25, -0.2) is 15.2 Å². The van der Waals surface area contributed by atoms with Crippen LogP contribution in [0.15, 0.2) is 0 Å². The number of nitrogens with one attached hydrogen (secondary N) is 1. The van der Waals surface area contributed by atoms with Crippen LogP contribution in [0.25, 0.3) is 0 Å². The van der Waals surface area contributed by atoms with Crippen LogP contribution in [0.1, 0.15) is 39.0 Å². The van der Waals surface area contributed by atoms with E-state index in [4.69, 9.17) is 9.47 Å². The molecule has 6 nitrogen and oxygen atoms in total. The van der Waals surface area contributed by atoms with Gasteiger partial charge in [0.05, 0.1) is 13.2 Å². The Kier molecular flexibility index (Phi) is 5.01. The number of hydrogen-bond donors (Lipinski definition) is 1. The highest BCUT2D eigenvalue weighted by Gasteiger charge is 2.35. The van der Waals surface area contributed by atoms with E-state index in [-0.39, 0.29) is 11.9 Å². The number of hydrogen-bond acceptors (Lipinski definition) is 5. The molecule has 2 rings (SSSR count). The molecule has 2 fully saturated rings. The average Bonchev–Trinajstić information content (AvgIpc) is 2.82. The van der Waals surface area contributed by atoms with Crippen LogP contribution in [0.2, 0.25) is 0 Å². The molecule has 19 heavy (non-hydrogen) atoms. The zero-order valence-electron chi connectivity index (χ0n) is 11.4. The Morgan fingerprint density at radius 1 is 1.47 bits per heavy atom. The van der Waals surface area contributed by atoms with Crippen LogP contribution in [0.4, 0.5) is 4.79 Å². The highest BCUT2D eigenvalue weighted by Crippen LogP contribution is 2.27. The van der Waals surface area contributed by atoms with Crippen molar-refractivity contribution in [2.24, 2.45) is 5.92 Å². The first-order valence-corrected chi connectivity index (χ1v) is 7.09. The molecule has 0 aromatic rings. The van der Waals surface area contributed by atoms with Gasteiger partial charge in [0.25, 0.3) is 0 Å². The molecule has 6 heteroatoms. The molecule has 2 aliphatic rings. The summed E-state index contributed by atoms with van der Waals surface area (Å²) in [6.07, 6.45) is 5.07. The number of ether oxygens (including phenoxy) is 2. The maximum Gasteiger partial charge on any atom is 0.424 e. The normalized spacial score (nSPS) is 22.2. The number of nitrogens with zero attached hydrogens (tertiary/aromatic N) is 1. The fourth-order valence-electron chi connectivity index (χ4n) is 2.73. The molecule has 0 aromatic carbocycles. The predicted molar refractivity (Wildman–Crippen MR) is 68.2 cm³/mol. The van der Waals surface area contributed by atoms with E-state index in [1.54, 1.807) is 6.92 Å². The Bertz CT molecular complexity index is 329. The van der Waals surface area contributed by atoms with Gasteiger partial charge in [-0.05, 0) is 25.7 Å². The Balaban J connectivity index is 2.00. The zero-order chi connectivity index (χ0) is 13.7. The number of rotatable bonds is 5. The van der Waals surface area contributed by atoms with E-state index in [0.29, 0.717) is 19.8 Å². The number of hydrazine groups is 1. The quantitative estimate of drug-likeness (QED) is 0.766. The monoisotopic (exact) mass is 270 g/mol. The van der Waals surface area contributed by atoms with Crippen molar-refractivity contribution in [3.05, 3.63) is 0 Å². The second-order valence-electron chi connectivity index (χ2n) is 5.02. The van der Waals surface area contributed by atoms with E-state index >= 15 is 0 Å². The number of amides is 1. The number of carbonyl (C=O) groups is 2. The maximum absolute atomic E-state index is 12.1. The van der Waals surface area contributed by atoms with Crippen molar-refractivity contribution in [2.75, 3.05) is 19.8 Å². The van der Waals surface area contributed by atoms with Gasteiger partial charge in [0.2, 0.25) is 0 Å². The first-order chi connectivity index (χ1) is 9.22. The van der Waals surface area contributed by atoms with Gasteiger partial charge < -0.3 is 9.47 Å². The van der Waals surface area contributed by atoms with E-state index in [9.17, 15) is 9.59 Å². The lowest BCUT2D eigenvalue weighted by molar-refractivity contribution is -0.149. The van der Waals surface area contributed by atoms with Gasteiger partial charge in [-0.3, -0.25) is 4.79 Å². The smallest absolute Gasteiger partial charge is 0.424 e. The molecule has 1 heterocycles. The molecule has 0 aromatic heterocycles. The summed E-state index contributed by atoms with van der Waals surface area (Å²) in [6, 6.07) is -0.439. The molecule has 0 bridgehead atoms. The predicted octanol–water partition coefficient (Wildman–Crippen LogP) is 1.46. The Morgan fingerprint density at radius 3 is 2.79 bits per heavy atom. The number of esters is 1. The highest BCUT2D eigenvalue weighted by atomic mass is 16.6. The van der Waals surface area contributed by atoms with Gasteiger partial charge in [-0.15, -0.1) is 0 Å². The summed E-state index contributed by atoms with van der Waals surface area (Å²) in [5.74, 6) is -0.0321. The molecule has 1 saturated carbocycles. The van der Waals surface area contributed by atoms with Crippen LogP contribution in [-0.2, 0) is 14.3 Å². The molecular formula is C13H22N2O4. The van der Waals surface area contributed by atoms with E-state index in [1.807, 2.05) is 0 Å². The van der Waals surface area contributed by atoms with Crippen molar-refractivity contribution >= 4 is 12.1 Å². The second-order valence-corrected chi connectivity index (χ2v) is 5.02. The summed E-state index contributed by atoms with van der Waals surface area (Å²) >= 11 is 0. The third-order valence-electron chi connectivity index (χ3n) is 3.72. The third kappa shape index (κ3) is 3.59. The summed E-state index contributed by atoms with van der Waals surface area (Å²) in [5.41, 5.74) is 3.00. The SMILES string of the molecule is CCOC(=O)C(NN1CCOC1=O)C1CCCCC1. The van der Waals surface area contributed by atoms with E-state index in [2.05, 4.69) is 5.43 Å². The maximum atomic E-state index is 12.1. The molecule has 108 valence electrons. The molecular weight excluding hydrogens is 248 g/mol. The van der Waals surface area contributed by atoms with Crippen LogP contribution in [0, 0.1) is 5.92 Å². The van der Waals surface area contributed by atoms with E-state index in [1.165, 1.54) is 11.4 Å². The lowest BCUT2D eigenvalue weighted by atomic mass is 9.84. The molecule has 1 atom stereocenters. The van der Waals surface area contributed by atoms with Gasteiger partial charge >= 0.3 is 12.1 Å². The standard InChI is InChI=1S/C13H22N2O4/c1-2-18-12(16)11(10-6-4-3-5-7-10)14-15-8-9-19-13(15)17/h10-11,14H,2-9H2,1H3. The second kappa shape index (κ2) is 6.75. The Labute approximate surface area is 113 Å². The summed E-state index contributed by atoms with van der Waals surface area (Å²) in [7, 11) is 0.